The Morgan fingerprint density at radius 2 is 1.84 bits per heavy atom. The van der Waals surface area contributed by atoms with Crippen LogP contribution in [0.2, 0.25) is 15.1 Å². The Balaban J connectivity index is 0.00000341. The largest absolute Gasteiger partial charge is 0.490 e. The first-order valence-electron chi connectivity index (χ1n) is 10.5. The molecule has 1 N–H and O–H groups in total. The Hall–Kier alpha value is -1.10. The highest BCUT2D eigenvalue weighted by Gasteiger charge is 2.14. The molecule has 0 heterocycles. The summed E-state index contributed by atoms with van der Waals surface area (Å²) in [7, 11) is 0. The summed E-state index contributed by atoms with van der Waals surface area (Å²) in [5, 5.41) is 5.19. The lowest BCUT2D eigenvalue weighted by molar-refractivity contribution is 0.269. The van der Waals surface area contributed by atoms with Crippen molar-refractivity contribution >= 4 is 47.2 Å². The van der Waals surface area contributed by atoms with Gasteiger partial charge in [-0.05, 0) is 75.4 Å². The van der Waals surface area contributed by atoms with Crippen molar-refractivity contribution in [2.24, 2.45) is 0 Å². The Morgan fingerprint density at radius 3 is 2.55 bits per heavy atom. The fourth-order valence-electron chi connectivity index (χ4n) is 3.53. The molecule has 2 aromatic carbocycles. The predicted octanol–water partition coefficient (Wildman–Crippen LogP) is 8.03. The molecule has 0 aromatic heterocycles. The lowest BCUT2D eigenvalue weighted by Crippen LogP contribution is -2.16. The lowest BCUT2D eigenvalue weighted by atomic mass is 9.97. The van der Waals surface area contributed by atoms with Gasteiger partial charge < -0.3 is 14.8 Å². The van der Waals surface area contributed by atoms with Crippen molar-refractivity contribution in [1.29, 1.82) is 0 Å². The quantitative estimate of drug-likeness (QED) is 0.262. The van der Waals surface area contributed by atoms with E-state index in [1.54, 1.807) is 17.7 Å². The van der Waals surface area contributed by atoms with Gasteiger partial charge in [-0.15, -0.1) is 12.4 Å². The molecule has 0 unspecified atom stereocenters. The van der Waals surface area contributed by atoms with E-state index in [1.807, 2.05) is 25.1 Å². The minimum atomic E-state index is 0. The molecular weight excluding hydrogens is 476 g/mol. The van der Waals surface area contributed by atoms with Gasteiger partial charge >= 0.3 is 0 Å². The first-order valence-corrected chi connectivity index (χ1v) is 11.6. The molecule has 1 aliphatic rings. The van der Waals surface area contributed by atoms with Gasteiger partial charge in [-0.1, -0.05) is 52.5 Å². The van der Waals surface area contributed by atoms with Crippen molar-refractivity contribution in [3.8, 4) is 11.5 Å². The molecule has 1 aliphatic carbocycles. The molecule has 0 amide bonds. The van der Waals surface area contributed by atoms with E-state index in [-0.39, 0.29) is 19.0 Å². The predicted molar refractivity (Wildman–Crippen MR) is 134 cm³/mol. The number of hydrogen-bond donors (Lipinski definition) is 1. The Kier molecular flexibility index (Phi) is 11.3. The van der Waals surface area contributed by atoms with Crippen molar-refractivity contribution in [2.45, 2.75) is 52.2 Å². The molecule has 31 heavy (non-hydrogen) atoms. The van der Waals surface area contributed by atoms with E-state index in [0.29, 0.717) is 33.2 Å². The summed E-state index contributed by atoms with van der Waals surface area (Å²) in [6.45, 7) is 4.44. The molecule has 3 rings (SSSR count). The molecular formula is C24H29Cl4NO2. The summed E-state index contributed by atoms with van der Waals surface area (Å²) < 4.78 is 11.8. The maximum absolute atomic E-state index is 6.54. The summed E-state index contributed by atoms with van der Waals surface area (Å²) in [5.41, 5.74) is 3.48. The zero-order valence-corrected chi connectivity index (χ0v) is 20.8. The van der Waals surface area contributed by atoms with Gasteiger partial charge in [-0.2, -0.15) is 0 Å². The number of benzene rings is 2. The second-order valence-corrected chi connectivity index (χ2v) is 8.65. The molecule has 0 atom stereocenters. The molecule has 0 radical (unpaired) electrons. The molecule has 0 bridgehead atoms. The molecule has 0 fully saturated rings. The van der Waals surface area contributed by atoms with Crippen LogP contribution in [0.3, 0.4) is 0 Å². The topological polar surface area (TPSA) is 30.5 Å². The van der Waals surface area contributed by atoms with Gasteiger partial charge in [0.05, 0.1) is 11.6 Å². The van der Waals surface area contributed by atoms with Crippen LogP contribution in [0.4, 0.5) is 0 Å². The van der Waals surface area contributed by atoms with E-state index < -0.39 is 0 Å². The Bertz CT molecular complexity index is 886. The van der Waals surface area contributed by atoms with Crippen LogP contribution < -0.4 is 14.8 Å². The van der Waals surface area contributed by atoms with Crippen molar-refractivity contribution in [1.82, 2.24) is 5.32 Å². The van der Waals surface area contributed by atoms with Crippen LogP contribution in [-0.4, -0.2) is 13.2 Å². The van der Waals surface area contributed by atoms with E-state index in [2.05, 4.69) is 11.4 Å². The van der Waals surface area contributed by atoms with E-state index in [9.17, 15) is 0 Å². The van der Waals surface area contributed by atoms with Crippen molar-refractivity contribution in [3.63, 3.8) is 0 Å². The normalized spacial score (nSPS) is 13.4. The first kappa shape index (κ1) is 26.2. The summed E-state index contributed by atoms with van der Waals surface area (Å²) in [6, 6.07) is 9.25. The highest BCUT2D eigenvalue weighted by Crippen LogP contribution is 2.37. The first-order chi connectivity index (χ1) is 14.6. The van der Waals surface area contributed by atoms with Crippen LogP contribution in [0.5, 0.6) is 11.5 Å². The van der Waals surface area contributed by atoms with Crippen molar-refractivity contribution < 1.29 is 9.47 Å². The fraction of sp³-hybridized carbons (Fsp3) is 0.417. The fourth-order valence-corrected chi connectivity index (χ4v) is 4.28. The van der Waals surface area contributed by atoms with Crippen LogP contribution >= 0.6 is 47.2 Å². The summed E-state index contributed by atoms with van der Waals surface area (Å²) >= 11 is 18.8. The zero-order chi connectivity index (χ0) is 21.3. The Morgan fingerprint density at radius 1 is 1.00 bits per heavy atom. The standard InChI is InChI=1S/C24H28Cl3NO2.ClH/c1-2-29-23-13-18(15-28-11-10-17-6-4-3-5-7-17)12-22(27)24(23)30-16-19-8-9-20(25)14-21(19)26;/h6,8-9,12-14,28H,2-5,7,10-11,15-16H2,1H3;1H. The lowest BCUT2D eigenvalue weighted by Gasteiger charge is -2.16. The molecule has 7 heteroatoms. The van der Waals surface area contributed by atoms with Gasteiger partial charge in [0.2, 0.25) is 0 Å². The molecule has 0 aliphatic heterocycles. The maximum Gasteiger partial charge on any atom is 0.180 e. The number of nitrogens with one attached hydrogen (secondary N) is 1. The van der Waals surface area contributed by atoms with Gasteiger partial charge in [0, 0.05) is 22.2 Å². The van der Waals surface area contributed by atoms with E-state index >= 15 is 0 Å². The highest BCUT2D eigenvalue weighted by atomic mass is 35.5. The number of ether oxygens (including phenoxy) is 2. The van der Waals surface area contributed by atoms with E-state index in [0.717, 1.165) is 30.6 Å². The number of halogens is 4. The summed E-state index contributed by atoms with van der Waals surface area (Å²) in [6.07, 6.45) is 8.62. The molecule has 3 nitrogen and oxygen atoms in total. The van der Waals surface area contributed by atoms with Crippen molar-refractivity contribution in [3.05, 3.63) is 68.2 Å². The van der Waals surface area contributed by atoms with Gasteiger partial charge in [-0.3, -0.25) is 0 Å². The number of rotatable bonds is 10. The molecule has 170 valence electrons. The van der Waals surface area contributed by atoms with Gasteiger partial charge in [0.15, 0.2) is 11.5 Å². The zero-order valence-electron chi connectivity index (χ0n) is 17.7. The number of allylic oxidation sites excluding steroid dienone is 1. The van der Waals surface area contributed by atoms with Gasteiger partial charge in [0.1, 0.15) is 6.61 Å². The van der Waals surface area contributed by atoms with Crippen LogP contribution in [0, 0.1) is 0 Å². The average Bonchev–Trinajstić information content (AvgIpc) is 2.73. The van der Waals surface area contributed by atoms with Crippen LogP contribution in [0.15, 0.2) is 42.0 Å². The molecule has 0 saturated heterocycles. The second kappa shape index (κ2) is 13.4. The highest BCUT2D eigenvalue weighted by molar-refractivity contribution is 6.35. The number of hydrogen-bond acceptors (Lipinski definition) is 3. The van der Waals surface area contributed by atoms with Crippen LogP contribution in [-0.2, 0) is 13.2 Å². The van der Waals surface area contributed by atoms with Crippen LogP contribution in [0.25, 0.3) is 0 Å². The SMILES string of the molecule is CCOc1cc(CNCCC2=CCCCC2)cc(Cl)c1OCc1ccc(Cl)cc1Cl.Cl. The third kappa shape index (κ3) is 8.07. The molecule has 2 aromatic rings. The molecule has 0 saturated carbocycles. The third-order valence-electron chi connectivity index (χ3n) is 5.09. The minimum absolute atomic E-state index is 0. The monoisotopic (exact) mass is 503 g/mol. The Labute approximate surface area is 206 Å². The third-order valence-corrected chi connectivity index (χ3v) is 5.96. The molecule has 0 spiro atoms. The maximum atomic E-state index is 6.54. The summed E-state index contributed by atoms with van der Waals surface area (Å²) in [4.78, 5) is 0. The van der Waals surface area contributed by atoms with E-state index in [4.69, 9.17) is 44.3 Å². The smallest absolute Gasteiger partial charge is 0.180 e. The minimum Gasteiger partial charge on any atom is -0.490 e. The van der Waals surface area contributed by atoms with Gasteiger partial charge in [0.25, 0.3) is 0 Å². The van der Waals surface area contributed by atoms with Crippen LogP contribution in [0.1, 0.15) is 50.2 Å². The average molecular weight is 505 g/mol. The summed E-state index contributed by atoms with van der Waals surface area (Å²) in [5.74, 6) is 1.17. The van der Waals surface area contributed by atoms with E-state index in [1.165, 1.54) is 25.7 Å². The second-order valence-electron chi connectivity index (χ2n) is 7.40. The van der Waals surface area contributed by atoms with Gasteiger partial charge in [-0.25, -0.2) is 0 Å². The van der Waals surface area contributed by atoms with Crippen molar-refractivity contribution in [2.75, 3.05) is 13.2 Å².